The van der Waals surface area contributed by atoms with Gasteiger partial charge in [0.2, 0.25) is 0 Å². The molecule has 1 atom stereocenters. The summed E-state index contributed by atoms with van der Waals surface area (Å²) in [5.41, 5.74) is 2.57. The molecule has 2 aromatic heterocycles. The van der Waals surface area contributed by atoms with E-state index in [1.807, 2.05) is 25.3 Å². The second kappa shape index (κ2) is 6.71. The molecule has 0 aromatic carbocycles. The summed E-state index contributed by atoms with van der Waals surface area (Å²) in [4.78, 5) is 14.1. The minimum absolute atomic E-state index is 0.0619. The summed E-state index contributed by atoms with van der Waals surface area (Å²) in [5.74, 6) is 1.66. The molecule has 6 heteroatoms. The van der Waals surface area contributed by atoms with Crippen molar-refractivity contribution < 1.29 is 9.21 Å². The van der Waals surface area contributed by atoms with Gasteiger partial charge in [0.1, 0.15) is 11.5 Å². The number of urea groups is 1. The van der Waals surface area contributed by atoms with Crippen molar-refractivity contribution in [2.45, 2.75) is 58.7 Å². The number of hydrogen-bond donors (Lipinski definition) is 1. The van der Waals surface area contributed by atoms with Gasteiger partial charge in [0.05, 0.1) is 12.7 Å². The lowest BCUT2D eigenvalue weighted by Gasteiger charge is -2.27. The van der Waals surface area contributed by atoms with Crippen molar-refractivity contribution in [3.05, 3.63) is 41.1 Å². The van der Waals surface area contributed by atoms with Crippen LogP contribution in [-0.4, -0.2) is 33.8 Å². The van der Waals surface area contributed by atoms with Crippen molar-refractivity contribution in [3.63, 3.8) is 0 Å². The van der Waals surface area contributed by atoms with Crippen molar-refractivity contribution in [2.24, 2.45) is 0 Å². The number of nitrogens with one attached hydrogen (secondary N) is 1. The van der Waals surface area contributed by atoms with Crippen LogP contribution in [0.15, 0.2) is 22.7 Å². The van der Waals surface area contributed by atoms with Gasteiger partial charge < -0.3 is 14.6 Å². The van der Waals surface area contributed by atoms with Crippen LogP contribution >= 0.6 is 0 Å². The Hall–Kier alpha value is -2.24. The molecule has 0 bridgehead atoms. The highest BCUT2D eigenvalue weighted by atomic mass is 16.3. The van der Waals surface area contributed by atoms with Gasteiger partial charge in [0.15, 0.2) is 0 Å². The molecule has 2 amide bonds. The second-order valence-corrected chi connectivity index (χ2v) is 6.91. The van der Waals surface area contributed by atoms with E-state index >= 15 is 0 Å². The second-order valence-electron chi connectivity index (χ2n) is 6.91. The van der Waals surface area contributed by atoms with Crippen LogP contribution in [-0.2, 0) is 19.4 Å². The molecule has 1 aliphatic carbocycles. The molecule has 0 fully saturated rings. The average molecular weight is 330 g/mol. The number of fused-ring (bicyclic) bond motifs is 1. The molecule has 2 heterocycles. The summed E-state index contributed by atoms with van der Waals surface area (Å²) in [6.45, 7) is 6.64. The van der Waals surface area contributed by atoms with Crippen LogP contribution in [0.1, 0.15) is 49.1 Å². The summed E-state index contributed by atoms with van der Waals surface area (Å²) in [6, 6.07) is 4.26. The first-order chi connectivity index (χ1) is 11.4. The third-order valence-electron chi connectivity index (χ3n) is 4.54. The fourth-order valence-corrected chi connectivity index (χ4v) is 3.25. The Bertz CT molecular complexity index is 716. The summed E-state index contributed by atoms with van der Waals surface area (Å²) in [5, 5.41) is 7.63. The molecule has 6 nitrogen and oxygen atoms in total. The maximum atomic E-state index is 12.4. The predicted molar refractivity (Wildman–Crippen MR) is 91.9 cm³/mol. The van der Waals surface area contributed by atoms with Crippen LogP contribution in [0.5, 0.6) is 0 Å². The standard InChI is InChI=1S/C18H26N4O2/c1-12(2)22-17-9-15(7-6-14(17)10-19-22)20-18(23)21(4)11-16-8-5-13(3)24-16/h5,8,10,12,15H,6-7,9,11H2,1-4H3,(H,20,23)/t15-/m0/s1. The van der Waals surface area contributed by atoms with E-state index in [0.717, 1.165) is 30.8 Å². The van der Waals surface area contributed by atoms with Crippen LogP contribution in [0.25, 0.3) is 0 Å². The van der Waals surface area contributed by atoms with E-state index in [4.69, 9.17) is 4.42 Å². The smallest absolute Gasteiger partial charge is 0.317 e. The van der Waals surface area contributed by atoms with Gasteiger partial charge in [-0.05, 0) is 51.3 Å². The predicted octanol–water partition coefficient (Wildman–Crippen LogP) is 3.06. The highest BCUT2D eigenvalue weighted by Gasteiger charge is 2.25. The number of carbonyl (C=O) groups excluding carboxylic acids is 1. The highest BCUT2D eigenvalue weighted by Crippen LogP contribution is 2.23. The molecule has 0 saturated heterocycles. The molecule has 1 aliphatic rings. The summed E-state index contributed by atoms with van der Waals surface area (Å²) in [7, 11) is 1.79. The molecule has 0 unspecified atom stereocenters. The minimum Gasteiger partial charge on any atom is -0.464 e. The van der Waals surface area contributed by atoms with Crippen LogP contribution in [0.4, 0.5) is 4.79 Å². The Kier molecular flexibility index (Phi) is 4.64. The zero-order chi connectivity index (χ0) is 17.3. The number of nitrogens with zero attached hydrogens (tertiary/aromatic N) is 3. The van der Waals surface area contributed by atoms with Gasteiger partial charge in [-0.2, -0.15) is 5.10 Å². The molecular formula is C18H26N4O2. The van der Waals surface area contributed by atoms with E-state index in [9.17, 15) is 4.79 Å². The number of carbonyl (C=O) groups is 1. The van der Waals surface area contributed by atoms with E-state index < -0.39 is 0 Å². The van der Waals surface area contributed by atoms with Crippen LogP contribution in [0.3, 0.4) is 0 Å². The van der Waals surface area contributed by atoms with Gasteiger partial charge in [-0.15, -0.1) is 0 Å². The molecule has 3 rings (SSSR count). The molecule has 130 valence electrons. The molecule has 0 aliphatic heterocycles. The van der Waals surface area contributed by atoms with Gasteiger partial charge >= 0.3 is 6.03 Å². The fraction of sp³-hybridized carbons (Fsp3) is 0.556. The van der Waals surface area contributed by atoms with E-state index in [1.165, 1.54) is 11.3 Å². The molecule has 0 saturated carbocycles. The Morgan fingerprint density at radius 2 is 2.29 bits per heavy atom. The largest absolute Gasteiger partial charge is 0.464 e. The van der Waals surface area contributed by atoms with E-state index in [0.29, 0.717) is 12.6 Å². The van der Waals surface area contributed by atoms with Crippen molar-refractivity contribution in [1.82, 2.24) is 20.0 Å². The quantitative estimate of drug-likeness (QED) is 0.937. The van der Waals surface area contributed by atoms with Crippen molar-refractivity contribution in [3.8, 4) is 0 Å². The van der Waals surface area contributed by atoms with E-state index in [1.54, 1.807) is 11.9 Å². The first-order valence-corrected chi connectivity index (χ1v) is 8.56. The molecule has 1 N–H and O–H groups in total. The molecule has 2 aromatic rings. The third-order valence-corrected chi connectivity index (χ3v) is 4.54. The Labute approximate surface area is 142 Å². The number of aryl methyl sites for hydroxylation is 2. The molecule has 0 radical (unpaired) electrons. The lowest BCUT2D eigenvalue weighted by molar-refractivity contribution is 0.197. The van der Waals surface area contributed by atoms with Gasteiger partial charge in [0, 0.05) is 31.2 Å². The van der Waals surface area contributed by atoms with Crippen LogP contribution in [0.2, 0.25) is 0 Å². The van der Waals surface area contributed by atoms with E-state index in [2.05, 4.69) is 28.9 Å². The number of furan rings is 1. The van der Waals surface area contributed by atoms with Crippen LogP contribution in [0, 0.1) is 6.92 Å². The number of hydrogen-bond acceptors (Lipinski definition) is 3. The van der Waals surface area contributed by atoms with Crippen LogP contribution < -0.4 is 5.32 Å². The number of amides is 2. The van der Waals surface area contributed by atoms with Gasteiger partial charge in [-0.3, -0.25) is 4.68 Å². The maximum Gasteiger partial charge on any atom is 0.317 e. The van der Waals surface area contributed by atoms with Crippen molar-refractivity contribution in [2.75, 3.05) is 7.05 Å². The first kappa shape index (κ1) is 16.6. The average Bonchev–Trinajstić information content (AvgIpc) is 3.12. The normalized spacial score (nSPS) is 17.0. The lowest BCUT2D eigenvalue weighted by atomic mass is 9.93. The van der Waals surface area contributed by atoms with Crippen molar-refractivity contribution >= 4 is 6.03 Å². The topological polar surface area (TPSA) is 63.3 Å². The number of aromatic nitrogens is 2. The lowest BCUT2D eigenvalue weighted by Crippen LogP contribution is -2.45. The Balaban J connectivity index is 1.59. The molecule has 0 spiro atoms. The number of rotatable bonds is 4. The summed E-state index contributed by atoms with van der Waals surface area (Å²) >= 11 is 0. The summed E-state index contributed by atoms with van der Waals surface area (Å²) in [6.07, 6.45) is 4.73. The Morgan fingerprint density at radius 3 is 2.96 bits per heavy atom. The maximum absolute atomic E-state index is 12.4. The minimum atomic E-state index is -0.0619. The Morgan fingerprint density at radius 1 is 1.50 bits per heavy atom. The zero-order valence-corrected chi connectivity index (χ0v) is 14.9. The van der Waals surface area contributed by atoms with E-state index in [-0.39, 0.29) is 12.1 Å². The monoisotopic (exact) mass is 330 g/mol. The van der Waals surface area contributed by atoms with Gasteiger partial charge in [-0.25, -0.2) is 4.79 Å². The summed E-state index contributed by atoms with van der Waals surface area (Å²) < 4.78 is 7.61. The first-order valence-electron chi connectivity index (χ1n) is 8.56. The SMILES string of the molecule is Cc1ccc(CN(C)C(=O)N[C@H]2CCc3cnn(C(C)C)c3C2)o1. The van der Waals surface area contributed by atoms with Gasteiger partial charge in [0.25, 0.3) is 0 Å². The molecule has 24 heavy (non-hydrogen) atoms. The van der Waals surface area contributed by atoms with Crippen molar-refractivity contribution in [1.29, 1.82) is 0 Å². The fourth-order valence-electron chi connectivity index (χ4n) is 3.25. The van der Waals surface area contributed by atoms with Gasteiger partial charge in [-0.1, -0.05) is 0 Å². The highest BCUT2D eigenvalue weighted by molar-refractivity contribution is 5.74. The third kappa shape index (κ3) is 3.47. The molecular weight excluding hydrogens is 304 g/mol. The zero-order valence-electron chi connectivity index (χ0n) is 14.9.